The number of carbonyl (C=O) groups excluding carboxylic acids is 2. The first-order valence-corrected chi connectivity index (χ1v) is 14.2. The molecule has 0 saturated carbocycles. The molecule has 0 bridgehead atoms. The largest absolute Gasteiger partial charge is 0.396 e. The molecule has 1 unspecified atom stereocenters. The van der Waals surface area contributed by atoms with Crippen LogP contribution in [-0.2, 0) is 32.6 Å². The van der Waals surface area contributed by atoms with Gasteiger partial charge in [-0.05, 0) is 41.7 Å². The highest BCUT2D eigenvalue weighted by atomic mass is 32.2. The van der Waals surface area contributed by atoms with Gasteiger partial charge in [0.2, 0.25) is 21.8 Å². The highest BCUT2D eigenvalue weighted by Crippen LogP contribution is 2.25. The van der Waals surface area contributed by atoms with E-state index in [1.165, 1.54) is 12.1 Å². The maximum atomic E-state index is 13.7. The molecule has 1 atom stereocenters. The summed E-state index contributed by atoms with van der Waals surface area (Å²) in [6.07, 6.45) is 0.943. The van der Waals surface area contributed by atoms with Crippen molar-refractivity contribution in [3.63, 3.8) is 0 Å². The second-order valence-electron chi connectivity index (χ2n) is 8.83. The molecule has 0 saturated heterocycles. The molecule has 0 spiro atoms. The van der Waals surface area contributed by atoms with Crippen molar-refractivity contribution in [3.05, 3.63) is 102 Å². The van der Waals surface area contributed by atoms with E-state index in [4.69, 9.17) is 5.11 Å². The number of carbonyl (C=O) groups is 2. The molecule has 3 aromatic rings. The van der Waals surface area contributed by atoms with Gasteiger partial charge in [-0.1, -0.05) is 79.7 Å². The number of sulfonamides is 1. The Hall–Kier alpha value is -3.53. The van der Waals surface area contributed by atoms with Gasteiger partial charge in [-0.3, -0.25) is 9.59 Å². The van der Waals surface area contributed by atoms with Crippen LogP contribution in [0.5, 0.6) is 0 Å². The number of rotatable bonds is 14. The second-order valence-corrected chi connectivity index (χ2v) is 10.6. The minimum atomic E-state index is -3.55. The molecule has 9 heteroatoms. The zero-order valence-electron chi connectivity index (χ0n) is 21.5. The Labute approximate surface area is 224 Å². The zero-order valence-corrected chi connectivity index (χ0v) is 22.4. The smallest absolute Gasteiger partial charge is 0.247 e. The Morgan fingerprint density at radius 3 is 2.13 bits per heavy atom. The van der Waals surface area contributed by atoms with E-state index >= 15 is 0 Å². The average Bonchev–Trinajstić information content (AvgIpc) is 2.93. The minimum absolute atomic E-state index is 0.0441. The van der Waals surface area contributed by atoms with Gasteiger partial charge in [-0.25, -0.2) is 13.1 Å². The molecule has 38 heavy (non-hydrogen) atoms. The standard InChI is InChI=1S/C29H35N3O5S/c1-2-31-38(36,37)26-17-14-23(15-18-26)16-19-27(34)32(22-24-10-5-3-6-11-24)28(25-12-7-4-8-13-25)29(35)30-20-9-21-33/h3-8,10-15,17-18,28,31,33H,2,9,16,19-22H2,1H3,(H,30,35). The van der Waals surface area contributed by atoms with Crippen LogP contribution in [0.25, 0.3) is 0 Å². The lowest BCUT2D eigenvalue weighted by atomic mass is 10.0. The summed E-state index contributed by atoms with van der Waals surface area (Å²) < 4.78 is 26.9. The number of amides is 2. The van der Waals surface area contributed by atoms with Crippen molar-refractivity contribution in [2.45, 2.75) is 43.7 Å². The number of benzene rings is 3. The molecule has 2 amide bonds. The molecule has 202 valence electrons. The van der Waals surface area contributed by atoms with Crippen LogP contribution in [0.1, 0.15) is 42.5 Å². The van der Waals surface area contributed by atoms with E-state index in [1.54, 1.807) is 24.0 Å². The van der Waals surface area contributed by atoms with Crippen LogP contribution in [0.3, 0.4) is 0 Å². The van der Waals surface area contributed by atoms with Gasteiger partial charge in [0.05, 0.1) is 4.90 Å². The lowest BCUT2D eigenvalue weighted by Crippen LogP contribution is -2.43. The molecule has 0 aliphatic heterocycles. The molecule has 3 aromatic carbocycles. The third-order valence-electron chi connectivity index (χ3n) is 6.02. The highest BCUT2D eigenvalue weighted by molar-refractivity contribution is 7.89. The molecule has 3 rings (SSSR count). The first-order valence-electron chi connectivity index (χ1n) is 12.7. The Bertz CT molecular complexity index is 1270. The van der Waals surface area contributed by atoms with Crippen molar-refractivity contribution >= 4 is 21.8 Å². The molecule has 3 N–H and O–H groups in total. The molecule has 0 aromatic heterocycles. The van der Waals surface area contributed by atoms with Gasteiger partial charge >= 0.3 is 0 Å². The number of aliphatic hydroxyl groups is 1. The summed E-state index contributed by atoms with van der Waals surface area (Å²) in [6, 6.07) is 24.3. The Kier molecular flexibility index (Phi) is 11.0. The summed E-state index contributed by atoms with van der Waals surface area (Å²) in [5, 5.41) is 12.0. The van der Waals surface area contributed by atoms with E-state index in [0.717, 1.165) is 11.1 Å². The fraction of sp³-hybridized carbons (Fsp3) is 0.310. The number of nitrogens with one attached hydrogen (secondary N) is 2. The molecule has 0 fully saturated rings. The van der Waals surface area contributed by atoms with Crippen LogP contribution in [0.2, 0.25) is 0 Å². The van der Waals surface area contributed by atoms with E-state index in [1.807, 2.05) is 60.7 Å². The maximum absolute atomic E-state index is 13.7. The lowest BCUT2D eigenvalue weighted by Gasteiger charge is -2.32. The van der Waals surface area contributed by atoms with Gasteiger partial charge in [-0.2, -0.15) is 0 Å². The Morgan fingerprint density at radius 2 is 1.53 bits per heavy atom. The SMILES string of the molecule is CCNS(=O)(=O)c1ccc(CCC(=O)N(Cc2ccccc2)C(C(=O)NCCCO)c2ccccc2)cc1. The molecule has 0 aliphatic rings. The maximum Gasteiger partial charge on any atom is 0.247 e. The Morgan fingerprint density at radius 1 is 0.895 bits per heavy atom. The molecular weight excluding hydrogens is 502 g/mol. The molecule has 8 nitrogen and oxygen atoms in total. The predicted molar refractivity (Wildman–Crippen MR) is 147 cm³/mol. The summed E-state index contributed by atoms with van der Waals surface area (Å²) in [7, 11) is -3.55. The fourth-order valence-electron chi connectivity index (χ4n) is 4.10. The number of aryl methyl sites for hydroxylation is 1. The second kappa shape index (κ2) is 14.4. The van der Waals surface area contributed by atoms with Crippen LogP contribution >= 0.6 is 0 Å². The highest BCUT2D eigenvalue weighted by Gasteiger charge is 2.31. The van der Waals surface area contributed by atoms with Gasteiger partial charge in [0.1, 0.15) is 6.04 Å². The molecule has 0 aliphatic carbocycles. The third-order valence-corrected chi connectivity index (χ3v) is 7.58. The fourth-order valence-corrected chi connectivity index (χ4v) is 5.14. The van der Waals surface area contributed by atoms with Crippen molar-refractivity contribution < 1.29 is 23.1 Å². The van der Waals surface area contributed by atoms with Crippen molar-refractivity contribution in [2.75, 3.05) is 19.7 Å². The van der Waals surface area contributed by atoms with E-state index in [0.29, 0.717) is 31.5 Å². The minimum Gasteiger partial charge on any atom is -0.396 e. The lowest BCUT2D eigenvalue weighted by molar-refractivity contribution is -0.141. The van der Waals surface area contributed by atoms with Gasteiger partial charge in [0, 0.05) is 32.7 Å². The number of nitrogens with zero attached hydrogens (tertiary/aromatic N) is 1. The quantitative estimate of drug-likeness (QED) is 0.273. The van der Waals surface area contributed by atoms with Crippen molar-refractivity contribution in [1.82, 2.24) is 14.9 Å². The van der Waals surface area contributed by atoms with E-state index in [-0.39, 0.29) is 36.3 Å². The van der Waals surface area contributed by atoms with Gasteiger partial charge in [0.25, 0.3) is 0 Å². The summed E-state index contributed by atoms with van der Waals surface area (Å²) in [6.45, 7) is 2.51. The van der Waals surface area contributed by atoms with Crippen LogP contribution in [0.15, 0.2) is 89.8 Å². The summed E-state index contributed by atoms with van der Waals surface area (Å²) in [5.41, 5.74) is 2.40. The summed E-state index contributed by atoms with van der Waals surface area (Å²) in [5.74, 6) is -0.517. The van der Waals surface area contributed by atoms with Crippen LogP contribution in [0.4, 0.5) is 0 Å². The van der Waals surface area contributed by atoms with E-state index in [2.05, 4.69) is 10.0 Å². The van der Waals surface area contributed by atoms with Gasteiger partial charge in [0.15, 0.2) is 0 Å². The van der Waals surface area contributed by atoms with E-state index in [9.17, 15) is 18.0 Å². The Balaban J connectivity index is 1.85. The molecule has 0 heterocycles. The van der Waals surface area contributed by atoms with Crippen LogP contribution in [-0.4, -0.2) is 49.9 Å². The number of hydrogen-bond acceptors (Lipinski definition) is 5. The number of aliphatic hydroxyl groups excluding tert-OH is 1. The van der Waals surface area contributed by atoms with Crippen LogP contribution in [0, 0.1) is 0 Å². The first kappa shape index (κ1) is 29.0. The zero-order chi connectivity index (χ0) is 27.4. The van der Waals surface area contributed by atoms with Crippen molar-refractivity contribution in [3.8, 4) is 0 Å². The van der Waals surface area contributed by atoms with Crippen molar-refractivity contribution in [2.24, 2.45) is 0 Å². The normalized spacial score (nSPS) is 12.1. The molecular formula is C29H35N3O5S. The monoisotopic (exact) mass is 537 g/mol. The summed E-state index contributed by atoms with van der Waals surface area (Å²) in [4.78, 5) is 28.8. The predicted octanol–water partition coefficient (Wildman–Crippen LogP) is 3.19. The first-order chi connectivity index (χ1) is 18.4. The number of hydrogen-bond donors (Lipinski definition) is 3. The molecule has 0 radical (unpaired) electrons. The van der Waals surface area contributed by atoms with Crippen molar-refractivity contribution in [1.29, 1.82) is 0 Å². The third kappa shape index (κ3) is 8.24. The summed E-state index contributed by atoms with van der Waals surface area (Å²) >= 11 is 0. The van der Waals surface area contributed by atoms with Crippen LogP contribution < -0.4 is 10.0 Å². The average molecular weight is 538 g/mol. The topological polar surface area (TPSA) is 116 Å². The van der Waals surface area contributed by atoms with E-state index < -0.39 is 16.1 Å². The van der Waals surface area contributed by atoms with Gasteiger partial charge in [-0.15, -0.1) is 0 Å². The van der Waals surface area contributed by atoms with Gasteiger partial charge < -0.3 is 15.3 Å².